The van der Waals surface area contributed by atoms with Gasteiger partial charge in [-0.2, -0.15) is 0 Å². The summed E-state index contributed by atoms with van der Waals surface area (Å²) < 4.78 is 22.1. The van der Waals surface area contributed by atoms with Crippen LogP contribution in [0.1, 0.15) is 23.2 Å². The molecule has 2 aromatic heterocycles. The first-order valence-corrected chi connectivity index (χ1v) is 13.6. The van der Waals surface area contributed by atoms with Gasteiger partial charge >= 0.3 is 0 Å². The van der Waals surface area contributed by atoms with Crippen LogP contribution in [0.4, 0.5) is 10.1 Å². The van der Waals surface area contributed by atoms with Crippen molar-refractivity contribution in [2.24, 2.45) is 0 Å². The zero-order chi connectivity index (χ0) is 28.1. The van der Waals surface area contributed by atoms with E-state index in [1.54, 1.807) is 19.2 Å². The Morgan fingerprint density at radius 2 is 1.80 bits per heavy atom. The van der Waals surface area contributed by atoms with Crippen LogP contribution in [-0.4, -0.2) is 40.4 Å². The molecule has 1 atom stereocenters. The van der Waals surface area contributed by atoms with Crippen LogP contribution in [0.3, 0.4) is 0 Å². The van der Waals surface area contributed by atoms with Crippen LogP contribution in [0.2, 0.25) is 0 Å². The summed E-state index contributed by atoms with van der Waals surface area (Å²) in [6.07, 6.45) is 2.71. The standard InChI is InChI=1S/C33H27FN4O3/c1-35-33(40)31-25-17-24(21-11-14-26-28(16-21)38(19-36-26)23-6-3-2-4-7-23)27(37-15-5-8-30(37)39)18-29(25)41-32(31)20-9-12-22(34)13-10-20/h2-4,6-7,9-14,16-19,30,39H,5,8,15H2,1H3,(H,35,40). The van der Waals surface area contributed by atoms with Crippen molar-refractivity contribution in [1.29, 1.82) is 0 Å². The van der Waals surface area contributed by atoms with Gasteiger partial charge in [0.25, 0.3) is 5.91 Å². The van der Waals surface area contributed by atoms with Gasteiger partial charge in [0.1, 0.15) is 29.7 Å². The molecule has 1 aliphatic rings. The Morgan fingerprint density at radius 1 is 1.02 bits per heavy atom. The number of amides is 1. The van der Waals surface area contributed by atoms with Gasteiger partial charge in [-0.1, -0.05) is 24.3 Å². The molecule has 1 amide bonds. The van der Waals surface area contributed by atoms with Crippen molar-refractivity contribution in [1.82, 2.24) is 14.9 Å². The zero-order valence-electron chi connectivity index (χ0n) is 22.3. The lowest BCUT2D eigenvalue weighted by molar-refractivity contribution is 0.0964. The van der Waals surface area contributed by atoms with Crippen molar-refractivity contribution in [3.63, 3.8) is 0 Å². The van der Waals surface area contributed by atoms with Crippen LogP contribution in [0, 0.1) is 5.82 Å². The van der Waals surface area contributed by atoms with E-state index in [0.29, 0.717) is 40.8 Å². The van der Waals surface area contributed by atoms with Crippen molar-refractivity contribution < 1.29 is 18.7 Å². The monoisotopic (exact) mass is 546 g/mol. The first-order chi connectivity index (χ1) is 20.0. The van der Waals surface area contributed by atoms with Crippen molar-refractivity contribution in [2.45, 2.75) is 19.1 Å². The number of aliphatic hydroxyl groups is 1. The minimum Gasteiger partial charge on any atom is -0.455 e. The van der Waals surface area contributed by atoms with Crippen molar-refractivity contribution in [2.75, 3.05) is 18.5 Å². The number of rotatable bonds is 5. The normalized spacial score (nSPS) is 15.2. The van der Waals surface area contributed by atoms with Gasteiger partial charge in [-0.15, -0.1) is 0 Å². The minimum atomic E-state index is -0.630. The van der Waals surface area contributed by atoms with Gasteiger partial charge in [0, 0.05) is 41.9 Å². The average Bonchev–Trinajstić information content (AvgIpc) is 3.73. The fourth-order valence-corrected chi connectivity index (χ4v) is 5.76. The van der Waals surface area contributed by atoms with Gasteiger partial charge in [0.05, 0.1) is 22.3 Å². The van der Waals surface area contributed by atoms with Crippen LogP contribution >= 0.6 is 0 Å². The maximum atomic E-state index is 13.7. The molecule has 8 heteroatoms. The van der Waals surface area contributed by atoms with E-state index in [9.17, 15) is 14.3 Å². The van der Waals surface area contributed by atoms with E-state index in [1.807, 2.05) is 70.4 Å². The molecule has 0 aliphatic carbocycles. The number of benzene rings is 4. The van der Waals surface area contributed by atoms with Gasteiger partial charge in [0.15, 0.2) is 0 Å². The van der Waals surface area contributed by atoms with E-state index in [0.717, 1.165) is 40.0 Å². The van der Waals surface area contributed by atoms with E-state index in [1.165, 1.54) is 12.1 Å². The van der Waals surface area contributed by atoms with Crippen LogP contribution in [-0.2, 0) is 0 Å². The topological polar surface area (TPSA) is 83.5 Å². The number of imidazole rings is 1. The van der Waals surface area contributed by atoms with E-state index < -0.39 is 6.23 Å². The summed E-state index contributed by atoms with van der Waals surface area (Å²) in [7, 11) is 1.57. The highest BCUT2D eigenvalue weighted by molar-refractivity contribution is 6.13. The largest absolute Gasteiger partial charge is 0.455 e. The first-order valence-electron chi connectivity index (χ1n) is 13.6. The molecule has 0 bridgehead atoms. The van der Waals surface area contributed by atoms with Gasteiger partial charge < -0.3 is 19.7 Å². The Labute approximate surface area is 235 Å². The molecule has 4 aromatic carbocycles. The summed E-state index contributed by atoms with van der Waals surface area (Å²) in [4.78, 5) is 19.8. The Bertz CT molecular complexity index is 1910. The first kappa shape index (κ1) is 25.0. The summed E-state index contributed by atoms with van der Waals surface area (Å²) in [5.74, 6) is -0.313. The molecule has 0 saturated carbocycles. The van der Waals surface area contributed by atoms with Crippen LogP contribution in [0.5, 0.6) is 0 Å². The lowest BCUT2D eigenvalue weighted by Crippen LogP contribution is -2.29. The molecule has 1 aliphatic heterocycles. The molecule has 41 heavy (non-hydrogen) atoms. The molecule has 2 N–H and O–H groups in total. The SMILES string of the molecule is CNC(=O)c1c(-c2ccc(F)cc2)oc2cc(N3CCCC3O)c(-c3ccc4ncn(-c5ccccc5)c4c3)cc12. The Morgan fingerprint density at radius 3 is 2.54 bits per heavy atom. The Hall–Kier alpha value is -4.95. The van der Waals surface area contributed by atoms with Crippen LogP contribution in [0.25, 0.3) is 50.1 Å². The molecule has 1 saturated heterocycles. The second kappa shape index (κ2) is 9.91. The molecule has 0 spiro atoms. The number of fused-ring (bicyclic) bond motifs is 2. The number of para-hydroxylation sites is 1. The number of aliphatic hydroxyl groups excluding tert-OH is 1. The number of carbonyl (C=O) groups excluding carboxylic acids is 1. The third-order valence-corrected chi connectivity index (χ3v) is 7.79. The maximum Gasteiger partial charge on any atom is 0.255 e. The molecule has 7 rings (SSSR count). The van der Waals surface area contributed by atoms with Crippen molar-refractivity contribution in [3.05, 3.63) is 103 Å². The second-order valence-corrected chi connectivity index (χ2v) is 10.2. The number of hydrogen-bond acceptors (Lipinski definition) is 5. The molecule has 204 valence electrons. The van der Waals surface area contributed by atoms with Crippen molar-refractivity contribution in [3.8, 4) is 28.1 Å². The number of carbonyl (C=O) groups is 1. The maximum absolute atomic E-state index is 13.7. The fraction of sp³-hybridized carbons (Fsp3) is 0.152. The number of hydrogen-bond donors (Lipinski definition) is 2. The lowest BCUT2D eigenvalue weighted by atomic mass is 9.97. The predicted octanol–water partition coefficient (Wildman–Crippen LogP) is 6.52. The van der Waals surface area contributed by atoms with Crippen molar-refractivity contribution >= 4 is 33.6 Å². The molecule has 6 aromatic rings. The third-order valence-electron chi connectivity index (χ3n) is 7.79. The highest BCUT2D eigenvalue weighted by Gasteiger charge is 2.29. The predicted molar refractivity (Wildman–Crippen MR) is 158 cm³/mol. The van der Waals surface area contributed by atoms with E-state index >= 15 is 0 Å². The molecule has 7 nitrogen and oxygen atoms in total. The molecule has 1 fully saturated rings. The van der Waals surface area contributed by atoms with Gasteiger partial charge in [-0.05, 0) is 73.0 Å². The highest BCUT2D eigenvalue weighted by Crippen LogP contribution is 2.43. The number of nitrogens with one attached hydrogen (secondary N) is 1. The molecular formula is C33H27FN4O3. The van der Waals surface area contributed by atoms with Crippen LogP contribution < -0.4 is 10.2 Å². The van der Waals surface area contributed by atoms with E-state index in [-0.39, 0.29) is 11.7 Å². The third kappa shape index (κ3) is 4.24. The molecule has 3 heterocycles. The fourth-order valence-electron chi connectivity index (χ4n) is 5.76. The molecular weight excluding hydrogens is 519 g/mol. The quantitative estimate of drug-likeness (QED) is 0.257. The highest BCUT2D eigenvalue weighted by atomic mass is 19.1. The number of furan rings is 1. The van der Waals surface area contributed by atoms with E-state index in [4.69, 9.17) is 4.42 Å². The summed E-state index contributed by atoms with van der Waals surface area (Å²) in [5.41, 5.74) is 6.86. The van der Waals surface area contributed by atoms with Crippen LogP contribution in [0.15, 0.2) is 95.7 Å². The number of aromatic nitrogens is 2. The molecule has 1 unspecified atom stereocenters. The summed E-state index contributed by atoms with van der Waals surface area (Å²) in [6.45, 7) is 0.692. The zero-order valence-corrected chi connectivity index (χ0v) is 22.3. The Balaban J connectivity index is 1.48. The summed E-state index contributed by atoms with van der Waals surface area (Å²) in [6, 6.07) is 25.9. The summed E-state index contributed by atoms with van der Waals surface area (Å²) >= 11 is 0. The average molecular weight is 547 g/mol. The number of halogens is 1. The summed E-state index contributed by atoms with van der Waals surface area (Å²) in [5, 5.41) is 14.2. The lowest BCUT2D eigenvalue weighted by Gasteiger charge is -2.25. The second-order valence-electron chi connectivity index (χ2n) is 10.2. The van der Waals surface area contributed by atoms with Gasteiger partial charge in [-0.25, -0.2) is 9.37 Å². The number of nitrogens with zero attached hydrogens (tertiary/aromatic N) is 3. The van der Waals surface area contributed by atoms with Gasteiger partial charge in [-0.3, -0.25) is 9.36 Å². The Kier molecular flexibility index (Phi) is 6.05. The smallest absolute Gasteiger partial charge is 0.255 e. The van der Waals surface area contributed by atoms with E-state index in [2.05, 4.69) is 16.4 Å². The molecule has 0 radical (unpaired) electrons. The van der Waals surface area contributed by atoms with Gasteiger partial charge in [0.2, 0.25) is 0 Å². The minimum absolute atomic E-state index is 0.305. The number of anilines is 1.